The first-order valence-corrected chi connectivity index (χ1v) is 1.95. The molecule has 0 heterocycles. The Balaban J connectivity index is -0.0000000450. The molecule has 0 aliphatic heterocycles. The van der Waals surface area contributed by atoms with Crippen LogP contribution in [0.3, 0.4) is 0 Å². The fourth-order valence-electron chi connectivity index (χ4n) is 0. The van der Waals surface area contributed by atoms with E-state index in [-0.39, 0.29) is 62.3 Å². The van der Waals surface area contributed by atoms with Crippen LogP contribution in [-0.4, -0.2) is 18.8 Å². The van der Waals surface area contributed by atoms with Crippen molar-refractivity contribution in [3.8, 4) is 0 Å². The van der Waals surface area contributed by atoms with Crippen molar-refractivity contribution in [2.75, 3.05) is 0 Å². The van der Waals surface area contributed by atoms with Crippen LogP contribution in [0.2, 0.25) is 0 Å². The molecule has 0 aliphatic carbocycles. The summed E-state index contributed by atoms with van der Waals surface area (Å²) in [6.45, 7) is 0. The Hall–Kier alpha value is 1.68. The molecule has 0 aromatic carbocycles. The largest absolute Gasteiger partial charge is 0.761 e. The molecule has 0 aliphatic rings. The Labute approximate surface area is 84.2 Å². The molecule has 0 aromatic heterocycles. The summed E-state index contributed by atoms with van der Waals surface area (Å²) in [5, 5.41) is 0. The predicted octanol–water partition coefficient (Wildman–Crippen LogP) is -1.62. The molecule has 6 heteroatoms. The first kappa shape index (κ1) is 15.6. The summed E-state index contributed by atoms with van der Waals surface area (Å²) in [7, 11) is -3.13. The van der Waals surface area contributed by atoms with Gasteiger partial charge in [-0.2, -0.15) is 0 Å². The summed E-state index contributed by atoms with van der Waals surface area (Å²) >= 11 is 0. The molecule has 0 spiro atoms. The minimum absolute atomic E-state index is 0. The third-order valence-electron chi connectivity index (χ3n) is 0. The van der Waals surface area contributed by atoms with Gasteiger partial charge < -0.3 is 9.59 Å². The third kappa shape index (κ3) is 44.0. The van der Waals surface area contributed by atoms with Crippen molar-refractivity contribution >= 4 is 9.17 Å². The Morgan fingerprint density at radius 2 is 1.33 bits per heavy atom. The molecule has 2 N–H and O–H groups in total. The van der Waals surface area contributed by atoms with Gasteiger partial charge in [-0.1, -0.05) is 0 Å². The van der Waals surface area contributed by atoms with Gasteiger partial charge in [0.15, 0.2) is 0 Å². The molecule has 0 saturated heterocycles. The Morgan fingerprint density at radius 3 is 1.33 bits per heavy atom. The van der Waals surface area contributed by atoms with Gasteiger partial charge in [0.1, 0.15) is 0 Å². The van der Waals surface area contributed by atoms with E-state index in [2.05, 4.69) is 0 Å². The summed E-state index contributed by atoms with van der Waals surface area (Å²) in [6, 6.07) is 0. The van der Waals surface area contributed by atoms with Crippen molar-refractivity contribution in [2.24, 2.45) is 0 Å². The predicted molar refractivity (Wildman–Crippen MR) is 10.9 cm³/mol. The van der Waals surface area contributed by atoms with Crippen molar-refractivity contribution in [3.05, 3.63) is 0 Å². The smallest absolute Gasteiger partial charge is 0.511 e. The topological polar surface area (TPSA) is 57.5 Å². The fourth-order valence-corrected chi connectivity index (χ4v) is 0. The minimum Gasteiger partial charge on any atom is -0.511 e. The van der Waals surface area contributed by atoms with E-state index in [0.29, 0.717) is 0 Å². The quantitative estimate of drug-likeness (QED) is 0.467. The van der Waals surface area contributed by atoms with Crippen LogP contribution in [0.25, 0.3) is 0 Å². The van der Waals surface area contributed by atoms with E-state index < -0.39 is 9.17 Å². The zero-order chi connectivity index (χ0) is 3.58. The van der Waals surface area contributed by atoms with E-state index in [4.69, 9.17) is 14.1 Å². The Kier molecular flexibility index (Phi) is 25.7. The van der Waals surface area contributed by atoms with Crippen molar-refractivity contribution < 1.29 is 76.4 Å². The van der Waals surface area contributed by atoms with E-state index in [1.807, 2.05) is 0 Å². The van der Waals surface area contributed by atoms with Gasteiger partial charge >= 0.3 is 9.17 Å². The molecule has 0 atom stereocenters. The summed E-state index contributed by atoms with van der Waals surface area (Å²) in [6.07, 6.45) is 0. The van der Waals surface area contributed by atoms with Crippen molar-refractivity contribution in [1.29, 1.82) is 0 Å². The fraction of sp³-hybridized carbons (Fsp3) is 0. The first-order valence-electron chi connectivity index (χ1n) is 0.651. The monoisotopic (exact) mass is 417 g/mol. The molecule has 1 radical (unpaired) electrons. The van der Waals surface area contributed by atoms with Gasteiger partial charge in [0.25, 0.3) is 0 Å². The van der Waals surface area contributed by atoms with Crippen LogP contribution in [0.15, 0.2) is 0 Å². The van der Waals surface area contributed by atoms with Gasteiger partial charge in [-0.15, -0.1) is 0 Å². The molecule has 0 fully saturated rings. The van der Waals surface area contributed by atoms with Crippen LogP contribution in [0.5, 0.6) is 0 Å². The second-order valence-electron chi connectivity index (χ2n) is 0.283. The molecule has 3 nitrogen and oxygen atoms in total. The molecule has 0 rings (SSSR count). The van der Waals surface area contributed by atoms with E-state index in [9.17, 15) is 0 Å². The van der Waals surface area contributed by atoms with Crippen molar-refractivity contribution in [3.63, 3.8) is 0 Å². The maximum Gasteiger partial charge on any atom is 0.761 e. The second-order valence-corrected chi connectivity index (χ2v) is 0.848. The van der Waals surface area contributed by atoms with Crippen LogP contribution in [-0.2, 0) is 26.8 Å². The van der Waals surface area contributed by atoms with Crippen LogP contribution < -0.4 is 0 Å². The molecular weight excluding hydrogens is 414 g/mol. The van der Waals surface area contributed by atoms with Gasteiger partial charge in [0.2, 0.25) is 0 Å². The van der Waals surface area contributed by atoms with E-state index in [1.165, 1.54) is 0 Å². The molecule has 0 saturated carbocycles. The number of hydrogen-bond acceptors (Lipinski definition) is 1. The summed E-state index contributed by atoms with van der Waals surface area (Å²) < 4.78 is 8.74. The third-order valence-corrected chi connectivity index (χ3v) is 0. The molecular formula is H2GdO3SiTa. The Bertz CT molecular complexity index is 33.8. The van der Waals surface area contributed by atoms with Crippen LogP contribution >= 0.6 is 0 Å². The molecule has 0 bridgehead atoms. The SMILES string of the molecule is O=[Si](O)O.[Gd].[Ta]. The van der Waals surface area contributed by atoms with Gasteiger partial charge in [0.05, 0.1) is 0 Å². The average molecular weight is 416 g/mol. The minimum atomic E-state index is -3.13. The Morgan fingerprint density at radius 1 is 1.33 bits per heavy atom. The van der Waals surface area contributed by atoms with Gasteiger partial charge in [-0.05, 0) is 0 Å². The number of rotatable bonds is 0. The molecule has 0 aromatic rings. The van der Waals surface area contributed by atoms with Gasteiger partial charge in [-0.25, -0.2) is 0 Å². The summed E-state index contributed by atoms with van der Waals surface area (Å²) in [5.41, 5.74) is 0. The van der Waals surface area contributed by atoms with E-state index in [0.717, 1.165) is 0 Å². The van der Waals surface area contributed by atoms with Crippen LogP contribution in [0.1, 0.15) is 0 Å². The molecule has 6 heavy (non-hydrogen) atoms. The maximum atomic E-state index is 8.74. The molecule has 0 amide bonds. The molecule has 37 valence electrons. The number of hydrogen-bond donors (Lipinski definition) is 2. The van der Waals surface area contributed by atoms with Crippen molar-refractivity contribution in [2.45, 2.75) is 0 Å². The zero-order valence-corrected chi connectivity index (χ0v) is 9.09. The average Bonchev–Trinajstić information content (AvgIpc) is 0.811. The van der Waals surface area contributed by atoms with E-state index in [1.54, 1.807) is 0 Å². The standard InChI is InChI=1S/Gd.H2O3Si.Ta/c;1-4(2)3;/h;1-2H;. The first-order chi connectivity index (χ1) is 1.73. The molecule has 0 unspecified atom stereocenters. The summed E-state index contributed by atoms with van der Waals surface area (Å²) in [4.78, 5) is 14.3. The normalized spacial score (nSPS) is 4.00. The van der Waals surface area contributed by atoms with E-state index >= 15 is 0 Å². The second kappa shape index (κ2) is 9.84. The van der Waals surface area contributed by atoms with Gasteiger partial charge in [-0.3, -0.25) is 4.46 Å². The van der Waals surface area contributed by atoms with Crippen LogP contribution in [0.4, 0.5) is 0 Å². The van der Waals surface area contributed by atoms with Crippen LogP contribution in [0, 0.1) is 39.9 Å². The van der Waals surface area contributed by atoms with Crippen molar-refractivity contribution in [1.82, 2.24) is 0 Å². The summed E-state index contributed by atoms with van der Waals surface area (Å²) in [5.74, 6) is 0. The van der Waals surface area contributed by atoms with Gasteiger partial charge in [0, 0.05) is 62.3 Å². The maximum absolute atomic E-state index is 8.74. The zero-order valence-electron chi connectivity index (χ0n) is 2.60.